The highest BCUT2D eigenvalue weighted by molar-refractivity contribution is 7.92. The largest absolute Gasteiger partial charge is 0.481 e. The summed E-state index contributed by atoms with van der Waals surface area (Å²) in [6.45, 7) is 15.7. The van der Waals surface area contributed by atoms with Crippen LogP contribution in [0.15, 0.2) is 23.3 Å². The number of epoxide rings is 4. The van der Waals surface area contributed by atoms with Crippen molar-refractivity contribution in [1.82, 2.24) is 16.0 Å². The van der Waals surface area contributed by atoms with Crippen molar-refractivity contribution in [2.45, 2.75) is 229 Å². The second kappa shape index (κ2) is 27.0. The van der Waals surface area contributed by atoms with E-state index in [0.717, 1.165) is 96.7 Å². The number of carboxylic acids is 1. The first-order valence-electron chi connectivity index (χ1n) is 29.2. The van der Waals surface area contributed by atoms with E-state index in [1.165, 1.54) is 11.1 Å². The number of nitrogens with one attached hydrogen (secondary N) is 3. The average Bonchev–Trinajstić information content (AvgIpc) is 4.46. The van der Waals surface area contributed by atoms with Crippen LogP contribution in [0.5, 0.6) is 0 Å². The van der Waals surface area contributed by atoms with Crippen LogP contribution < -0.4 is 21.7 Å². The maximum absolute atomic E-state index is 13.8. The van der Waals surface area contributed by atoms with Crippen LogP contribution in [0.1, 0.15) is 170 Å². The highest BCUT2D eigenvalue weighted by Crippen LogP contribution is 2.63. The van der Waals surface area contributed by atoms with Crippen molar-refractivity contribution >= 4 is 41.5 Å². The number of nitrogens with two attached hydrogens (primary N) is 1. The molecule has 14 atom stereocenters. The van der Waals surface area contributed by atoms with E-state index in [2.05, 4.69) is 87.5 Å². The van der Waals surface area contributed by atoms with Gasteiger partial charge >= 0.3 is 5.97 Å². The van der Waals surface area contributed by atoms with Crippen LogP contribution in [0.25, 0.3) is 0 Å². The fourth-order valence-electron chi connectivity index (χ4n) is 15.2. The van der Waals surface area contributed by atoms with Crippen molar-refractivity contribution in [1.29, 1.82) is 0 Å². The summed E-state index contributed by atoms with van der Waals surface area (Å²) in [7, 11) is 8.15. The Morgan fingerprint density at radius 1 is 0.595 bits per heavy atom. The fourth-order valence-corrected chi connectivity index (χ4v) is 15.2. The van der Waals surface area contributed by atoms with E-state index in [0.29, 0.717) is 58.0 Å². The summed E-state index contributed by atoms with van der Waals surface area (Å²) in [5, 5.41) is 36.5. The van der Waals surface area contributed by atoms with Crippen molar-refractivity contribution in [2.24, 2.45) is 39.2 Å². The summed E-state index contributed by atoms with van der Waals surface area (Å²) in [4.78, 5) is 66.1. The molecule has 8 saturated carbocycles. The number of hydrogen-bond donors (Lipinski definition) is 7. The number of carbonyl (C=O) groups excluding carboxylic acids is 3. The third-order valence-electron chi connectivity index (χ3n) is 20.6. The van der Waals surface area contributed by atoms with Crippen LogP contribution in [-0.2, 0) is 47.6 Å². The summed E-state index contributed by atoms with van der Waals surface area (Å²) < 4.78 is 36.9. The summed E-state index contributed by atoms with van der Waals surface area (Å²) >= 11 is 0. The van der Waals surface area contributed by atoms with E-state index in [1.807, 2.05) is 0 Å². The standard InChI is InChI=1S/C29H46N2O6.C26H39NO6.C3H9NO.O2.H4P2/c1-19(2)6-7-21-26(3,37-21)23-22(35-4)20(8-9-29(23)18-36-29)31-25(34)28-13-10-27(11-14-28,12-15-28)24(33)30-16-5-17-32;1-16(2)5-6-18-23(3,33-18)20-19(31-4)17(7-8-26(20)15-32-26)27-21(28)24-9-12-25(13-10-24,14-11-24)22(29)30;4-2-1-3-5;2*1-2/h6,20-23,32H,5,7-18H2,1-4H3,(H,30,33)(H,31,34);5,17-20H,6-15H2,1-4H3,(H,27,28)(H,29,30);5H,1-4H2;;1-2H2/t20-,21-,22-,23-,26+,27?,28?,29+;17-,18-,19-,20-,23+,24?,25?,26+;;;/m11.../s1. The highest BCUT2D eigenvalue weighted by Gasteiger charge is 2.73. The van der Waals surface area contributed by atoms with Gasteiger partial charge in [0.1, 0.15) is 11.2 Å². The number of hydrogen-bond acceptors (Lipinski definition) is 15. The smallest absolute Gasteiger partial charge is 0.309 e. The number of carbonyl (C=O) groups is 4. The van der Waals surface area contributed by atoms with Gasteiger partial charge in [-0.3, -0.25) is 19.2 Å². The van der Waals surface area contributed by atoms with Gasteiger partial charge in [0.25, 0.3) is 0 Å². The first-order chi connectivity index (χ1) is 37.6. The van der Waals surface area contributed by atoms with Gasteiger partial charge in [0.15, 0.2) is 0 Å². The Balaban J connectivity index is 0.000000223. The van der Waals surface area contributed by atoms with Crippen LogP contribution in [-0.4, -0.2) is 152 Å². The van der Waals surface area contributed by atoms with E-state index in [1.54, 1.807) is 14.2 Å². The van der Waals surface area contributed by atoms with Gasteiger partial charge in [-0.25, -0.2) is 0 Å². The molecule has 0 aromatic carbocycles. The van der Waals surface area contributed by atoms with Crippen LogP contribution >= 0.6 is 17.9 Å². The van der Waals surface area contributed by atoms with Crippen molar-refractivity contribution in [3.8, 4) is 0 Å². The number of ether oxygens (including phenoxy) is 6. The van der Waals surface area contributed by atoms with E-state index in [9.17, 15) is 24.3 Å². The maximum Gasteiger partial charge on any atom is 0.309 e. The molecule has 21 heteroatoms. The Hall–Kier alpha value is -2.54. The van der Waals surface area contributed by atoms with Gasteiger partial charge < -0.3 is 65.4 Å². The van der Waals surface area contributed by atoms with Crippen molar-refractivity contribution in [3.05, 3.63) is 33.2 Å². The number of aliphatic carboxylic acids is 1. The van der Waals surface area contributed by atoms with E-state index >= 15 is 0 Å². The molecular weight excluding hydrogens is 1050 g/mol. The van der Waals surface area contributed by atoms with Gasteiger partial charge in [-0.15, -0.1) is 17.9 Å². The SMILES string of the molecule is CO[C@@H]1[C@H](NC(=O)C23CCC(C(=O)NCCCO)(CC2)CC3)CC[C@]2(CO2)[C@H]1[C@@]1(C)O[C@@H]1CC=C(C)C.CO[C@@H]1[C@H](NC(=O)C23CCC(C(=O)O)(CC2)CC3)CC[C@]2(CO2)[C@H]1[C@@]1(C)O[C@@H]1CC=C(C)C.NCCCO.O=O.PP. The molecule has 2 unspecified atom stereocenters. The Morgan fingerprint density at radius 2 is 0.937 bits per heavy atom. The zero-order valence-corrected chi connectivity index (χ0v) is 50.9. The Labute approximate surface area is 473 Å². The monoisotopic (exact) mass is 1150 g/mol. The Morgan fingerprint density at radius 3 is 1.22 bits per heavy atom. The summed E-state index contributed by atoms with van der Waals surface area (Å²) in [5.74, 6) is -0.241. The molecule has 0 radical (unpaired) electrons. The fraction of sp³-hybridized carbons (Fsp3) is 0.862. The lowest BCUT2D eigenvalue weighted by Crippen LogP contribution is -2.62. The van der Waals surface area contributed by atoms with E-state index in [4.69, 9.17) is 54.3 Å². The van der Waals surface area contributed by atoms with Gasteiger partial charge in [0.2, 0.25) is 17.7 Å². The second-order valence-electron chi connectivity index (χ2n) is 25.5. The molecule has 12 rings (SSSR count). The molecule has 4 aliphatic heterocycles. The number of amides is 3. The second-order valence-corrected chi connectivity index (χ2v) is 25.5. The van der Waals surface area contributed by atoms with Crippen molar-refractivity contribution in [2.75, 3.05) is 53.7 Å². The molecule has 3 amide bonds. The van der Waals surface area contributed by atoms with Crippen LogP contribution in [0.4, 0.5) is 0 Å². The molecule has 12 fully saturated rings. The minimum absolute atomic E-state index is 0.0690. The lowest BCUT2D eigenvalue weighted by molar-refractivity contribution is -0.164. The average molecular weight is 1150 g/mol. The molecule has 450 valence electrons. The van der Waals surface area contributed by atoms with Gasteiger partial charge in [-0.05, 0) is 177 Å². The first-order valence-corrected chi connectivity index (χ1v) is 31.8. The quantitative estimate of drug-likeness (QED) is 0.0308. The highest BCUT2D eigenvalue weighted by atomic mass is 32.0. The molecule has 0 aromatic rings. The lowest BCUT2D eigenvalue weighted by atomic mass is 9.53. The molecular formula is C58H98N4O15P2. The molecule has 19 nitrogen and oxygen atoms in total. The third-order valence-corrected chi connectivity index (χ3v) is 20.6. The van der Waals surface area contributed by atoms with Gasteiger partial charge in [0, 0.05) is 72.0 Å². The molecule has 12 aliphatic rings. The number of aliphatic hydroxyl groups is 2. The zero-order valence-electron chi connectivity index (χ0n) is 48.6. The number of methoxy groups -OCH3 is 2. The van der Waals surface area contributed by atoms with Crippen molar-refractivity contribution in [3.63, 3.8) is 0 Å². The molecule has 8 aliphatic carbocycles. The molecule has 8 N–H and O–H groups in total. The van der Waals surface area contributed by atoms with Crippen LogP contribution in [0, 0.1) is 43.4 Å². The normalized spacial score (nSPS) is 41.1. The molecule has 4 heterocycles. The number of rotatable bonds is 19. The minimum atomic E-state index is -0.694. The van der Waals surface area contributed by atoms with E-state index < -0.39 is 22.2 Å². The molecule has 4 bridgehead atoms. The minimum Gasteiger partial charge on any atom is -0.481 e. The predicted octanol–water partition coefficient (Wildman–Crippen LogP) is 6.67. The summed E-state index contributed by atoms with van der Waals surface area (Å²) in [5.41, 5.74) is 4.74. The third kappa shape index (κ3) is 13.7. The number of carboxylic acid groups (broad SMARTS) is 1. The summed E-state index contributed by atoms with van der Waals surface area (Å²) in [6.07, 6.45) is 19.2. The van der Waals surface area contributed by atoms with Crippen LogP contribution in [0.3, 0.4) is 0 Å². The number of aliphatic hydroxyl groups excluding tert-OH is 2. The Bertz CT molecular complexity index is 2120. The molecule has 4 saturated heterocycles. The molecule has 0 aromatic heterocycles. The lowest BCUT2D eigenvalue weighted by Gasteiger charge is -2.52. The topological polar surface area (TPSA) is 294 Å². The van der Waals surface area contributed by atoms with Gasteiger partial charge in [-0.2, -0.15) is 0 Å². The zero-order chi connectivity index (χ0) is 58.2. The van der Waals surface area contributed by atoms with Gasteiger partial charge in [0.05, 0.1) is 66.3 Å². The predicted molar refractivity (Wildman–Crippen MR) is 307 cm³/mol. The summed E-state index contributed by atoms with van der Waals surface area (Å²) in [6, 6.07) is -0.165. The molecule has 2 spiro atoms. The Kier molecular flexibility index (Phi) is 22.4. The first kappa shape index (κ1) is 65.6. The maximum atomic E-state index is 13.8. The molecule has 79 heavy (non-hydrogen) atoms. The number of allylic oxidation sites excluding steroid dienone is 2. The van der Waals surface area contributed by atoms with Gasteiger partial charge in [-0.1, -0.05) is 23.3 Å². The number of fused-ring (bicyclic) bond motifs is 6. The van der Waals surface area contributed by atoms with Crippen LogP contribution in [0.2, 0.25) is 0 Å². The van der Waals surface area contributed by atoms with E-state index in [-0.39, 0.29) is 107 Å². The van der Waals surface area contributed by atoms with Crippen molar-refractivity contribution < 1.29 is 62.9 Å².